The number of fused-ring (bicyclic) bond motifs is 1. The van der Waals surface area contributed by atoms with Gasteiger partial charge < -0.3 is 15.2 Å². The summed E-state index contributed by atoms with van der Waals surface area (Å²) in [7, 11) is 1.63. The Balaban J connectivity index is 1.87. The van der Waals surface area contributed by atoms with Crippen molar-refractivity contribution in [3.8, 4) is 17.1 Å². The van der Waals surface area contributed by atoms with Gasteiger partial charge in [0, 0.05) is 36.0 Å². The quantitative estimate of drug-likeness (QED) is 0.554. The van der Waals surface area contributed by atoms with Gasteiger partial charge in [0.25, 0.3) is 0 Å². The van der Waals surface area contributed by atoms with E-state index in [4.69, 9.17) is 15.2 Å². The van der Waals surface area contributed by atoms with E-state index in [1.165, 1.54) is 0 Å². The van der Waals surface area contributed by atoms with Crippen molar-refractivity contribution >= 4 is 16.6 Å². The van der Waals surface area contributed by atoms with E-state index in [-0.39, 0.29) is 0 Å². The van der Waals surface area contributed by atoms with Gasteiger partial charge >= 0.3 is 0 Å². The minimum absolute atomic E-state index is 0.477. The Morgan fingerprint density at radius 3 is 2.86 bits per heavy atom. The lowest BCUT2D eigenvalue weighted by Gasteiger charge is -2.05. The van der Waals surface area contributed by atoms with Crippen LogP contribution in [-0.2, 0) is 4.74 Å². The summed E-state index contributed by atoms with van der Waals surface area (Å²) in [5.74, 6) is 0.565. The molecule has 108 valence electrons. The molecule has 6 heteroatoms. The lowest BCUT2D eigenvalue weighted by molar-refractivity contribution is 0.144. The number of nitrogens with zero attached hydrogens (tertiary/aromatic N) is 2. The van der Waals surface area contributed by atoms with E-state index in [1.807, 2.05) is 30.3 Å². The predicted molar refractivity (Wildman–Crippen MR) is 81.1 cm³/mol. The Labute approximate surface area is 121 Å². The molecule has 0 spiro atoms. The highest BCUT2D eigenvalue weighted by atomic mass is 16.5. The number of aromatic nitrogens is 3. The molecule has 3 N–H and O–H groups in total. The smallest absolute Gasteiger partial charge is 0.213 e. The Kier molecular flexibility index (Phi) is 3.70. The van der Waals surface area contributed by atoms with Crippen molar-refractivity contribution in [2.75, 3.05) is 26.1 Å². The highest BCUT2D eigenvalue weighted by Crippen LogP contribution is 2.27. The second kappa shape index (κ2) is 5.80. The van der Waals surface area contributed by atoms with Crippen LogP contribution in [0.5, 0.6) is 5.88 Å². The molecule has 0 bridgehead atoms. The number of hydrogen-bond donors (Lipinski definition) is 2. The number of H-pyrrole nitrogens is 1. The summed E-state index contributed by atoms with van der Waals surface area (Å²) in [6, 6.07) is 9.40. The highest BCUT2D eigenvalue weighted by Gasteiger charge is 2.09. The second-order valence-electron chi connectivity index (χ2n) is 4.60. The van der Waals surface area contributed by atoms with Crippen molar-refractivity contribution < 1.29 is 9.47 Å². The molecule has 21 heavy (non-hydrogen) atoms. The average molecular weight is 284 g/mol. The zero-order chi connectivity index (χ0) is 14.7. The van der Waals surface area contributed by atoms with Crippen LogP contribution in [0.1, 0.15) is 0 Å². The monoisotopic (exact) mass is 284 g/mol. The van der Waals surface area contributed by atoms with Gasteiger partial charge in [-0.25, -0.2) is 4.98 Å². The number of benzene rings is 1. The van der Waals surface area contributed by atoms with Crippen molar-refractivity contribution in [3.63, 3.8) is 0 Å². The van der Waals surface area contributed by atoms with Crippen molar-refractivity contribution in [2.24, 2.45) is 0 Å². The molecule has 6 nitrogen and oxygen atoms in total. The number of anilines is 1. The Morgan fingerprint density at radius 1 is 1.19 bits per heavy atom. The van der Waals surface area contributed by atoms with E-state index in [9.17, 15) is 0 Å². The molecule has 3 aromatic rings. The number of aromatic amines is 1. The lowest BCUT2D eigenvalue weighted by atomic mass is 10.1. The number of pyridine rings is 1. The first kappa shape index (κ1) is 13.4. The first-order chi connectivity index (χ1) is 10.3. The fraction of sp³-hybridized carbons (Fsp3) is 0.200. The summed E-state index contributed by atoms with van der Waals surface area (Å²) >= 11 is 0. The molecule has 0 saturated carbocycles. The first-order valence-electron chi connectivity index (χ1n) is 6.59. The second-order valence-corrected chi connectivity index (χ2v) is 4.60. The van der Waals surface area contributed by atoms with Gasteiger partial charge in [-0.1, -0.05) is 0 Å². The number of methoxy groups -OCH3 is 1. The number of nitrogen functional groups attached to an aromatic ring is 1. The van der Waals surface area contributed by atoms with Crippen LogP contribution in [0.25, 0.3) is 22.2 Å². The fourth-order valence-electron chi connectivity index (χ4n) is 2.09. The fourth-order valence-corrected chi connectivity index (χ4v) is 2.09. The largest absolute Gasteiger partial charge is 0.475 e. The SMILES string of the molecule is COCCOc1ccc(-c2n[nH]c3ccc(N)cc23)cn1. The molecule has 0 aliphatic carbocycles. The van der Waals surface area contributed by atoms with E-state index in [0.29, 0.717) is 24.8 Å². The molecule has 0 fully saturated rings. The third kappa shape index (κ3) is 2.80. The number of hydrogen-bond acceptors (Lipinski definition) is 5. The molecule has 0 radical (unpaired) electrons. The van der Waals surface area contributed by atoms with Crippen LogP contribution in [0.4, 0.5) is 5.69 Å². The van der Waals surface area contributed by atoms with Crippen LogP contribution in [-0.4, -0.2) is 35.5 Å². The summed E-state index contributed by atoms with van der Waals surface area (Å²) < 4.78 is 10.4. The van der Waals surface area contributed by atoms with Gasteiger partial charge in [0.15, 0.2) is 0 Å². The maximum Gasteiger partial charge on any atom is 0.213 e. The number of nitrogens with one attached hydrogen (secondary N) is 1. The van der Waals surface area contributed by atoms with E-state index < -0.39 is 0 Å². The Hall–Kier alpha value is -2.60. The molecule has 2 heterocycles. The van der Waals surface area contributed by atoms with E-state index in [0.717, 1.165) is 22.2 Å². The number of rotatable bonds is 5. The number of nitrogens with two attached hydrogens (primary N) is 1. The van der Waals surface area contributed by atoms with Crippen molar-refractivity contribution in [2.45, 2.75) is 0 Å². The summed E-state index contributed by atoms with van der Waals surface area (Å²) in [5.41, 5.74) is 9.22. The Bertz CT molecular complexity index is 737. The van der Waals surface area contributed by atoms with Gasteiger partial charge in [-0.15, -0.1) is 0 Å². The van der Waals surface area contributed by atoms with Crippen molar-refractivity contribution in [3.05, 3.63) is 36.5 Å². The van der Waals surface area contributed by atoms with Crippen LogP contribution in [0.3, 0.4) is 0 Å². The molecule has 0 aliphatic rings. The zero-order valence-corrected chi connectivity index (χ0v) is 11.7. The van der Waals surface area contributed by atoms with Gasteiger partial charge in [0.2, 0.25) is 5.88 Å². The molecule has 0 unspecified atom stereocenters. The zero-order valence-electron chi connectivity index (χ0n) is 11.7. The molecule has 0 atom stereocenters. The molecule has 0 saturated heterocycles. The molecule has 1 aromatic carbocycles. The summed E-state index contributed by atoms with van der Waals surface area (Å²) in [5, 5.41) is 8.30. The van der Waals surface area contributed by atoms with Gasteiger partial charge in [0.1, 0.15) is 12.3 Å². The van der Waals surface area contributed by atoms with Crippen LogP contribution in [0, 0.1) is 0 Å². The first-order valence-corrected chi connectivity index (χ1v) is 6.59. The maximum atomic E-state index is 5.83. The van der Waals surface area contributed by atoms with E-state index >= 15 is 0 Å². The predicted octanol–water partition coefficient (Wildman–Crippen LogP) is 2.23. The van der Waals surface area contributed by atoms with Crippen LogP contribution in [0.2, 0.25) is 0 Å². The summed E-state index contributed by atoms with van der Waals surface area (Å²) in [6.07, 6.45) is 1.74. The van der Waals surface area contributed by atoms with Crippen LogP contribution >= 0.6 is 0 Å². The highest BCUT2D eigenvalue weighted by molar-refractivity contribution is 5.94. The normalized spacial score (nSPS) is 10.9. The third-order valence-corrected chi connectivity index (χ3v) is 3.13. The molecule has 3 rings (SSSR count). The molecular weight excluding hydrogens is 268 g/mol. The molecule has 0 amide bonds. The molecule has 2 aromatic heterocycles. The van der Waals surface area contributed by atoms with Gasteiger partial charge in [-0.05, 0) is 24.3 Å². The van der Waals surface area contributed by atoms with Gasteiger partial charge in [-0.2, -0.15) is 5.10 Å². The lowest BCUT2D eigenvalue weighted by Crippen LogP contribution is -2.05. The minimum atomic E-state index is 0.477. The van der Waals surface area contributed by atoms with Gasteiger partial charge in [-0.3, -0.25) is 5.10 Å². The van der Waals surface area contributed by atoms with E-state index in [2.05, 4.69) is 15.2 Å². The standard InChI is InChI=1S/C15H16N4O2/c1-20-6-7-21-14-5-2-10(9-17-14)15-12-8-11(16)3-4-13(12)18-19-15/h2-5,8-9H,6-7,16H2,1H3,(H,18,19). The Morgan fingerprint density at radius 2 is 2.10 bits per heavy atom. The van der Waals surface area contributed by atoms with Crippen molar-refractivity contribution in [1.29, 1.82) is 0 Å². The van der Waals surface area contributed by atoms with Crippen LogP contribution < -0.4 is 10.5 Å². The summed E-state index contributed by atoms with van der Waals surface area (Å²) in [6.45, 7) is 1.01. The summed E-state index contributed by atoms with van der Waals surface area (Å²) in [4.78, 5) is 4.27. The maximum absolute atomic E-state index is 5.83. The molecule has 0 aliphatic heterocycles. The minimum Gasteiger partial charge on any atom is -0.475 e. The molecular formula is C15H16N4O2. The topological polar surface area (TPSA) is 86.0 Å². The number of ether oxygens (including phenoxy) is 2. The average Bonchev–Trinajstić information content (AvgIpc) is 2.91. The third-order valence-electron chi connectivity index (χ3n) is 3.13. The van der Waals surface area contributed by atoms with Gasteiger partial charge in [0.05, 0.1) is 12.1 Å². The van der Waals surface area contributed by atoms with Crippen molar-refractivity contribution in [1.82, 2.24) is 15.2 Å². The van der Waals surface area contributed by atoms with E-state index in [1.54, 1.807) is 13.3 Å². The van der Waals surface area contributed by atoms with Crippen LogP contribution in [0.15, 0.2) is 36.5 Å².